The fourth-order valence-corrected chi connectivity index (χ4v) is 2.89. The molecule has 1 unspecified atom stereocenters. The molecule has 2 aromatic carbocycles. The summed E-state index contributed by atoms with van der Waals surface area (Å²) in [5, 5.41) is 18.0. The van der Waals surface area contributed by atoms with Crippen LogP contribution in [0, 0.1) is 10.1 Å². The maximum absolute atomic E-state index is 12.5. The fourth-order valence-electron chi connectivity index (χ4n) is 2.89. The zero-order valence-corrected chi connectivity index (χ0v) is 17.4. The smallest absolute Gasteiger partial charge is 0.295 e. The number of halogens is 1. The monoisotopic (exact) mass is 430 g/mol. The van der Waals surface area contributed by atoms with E-state index in [-0.39, 0.29) is 41.9 Å². The second kappa shape index (κ2) is 9.95. The van der Waals surface area contributed by atoms with E-state index in [4.69, 9.17) is 5.73 Å². The lowest BCUT2D eigenvalue weighted by Gasteiger charge is -2.15. The average Bonchev–Trinajstić information content (AvgIpc) is 3.26. The Kier molecular flexibility index (Phi) is 7.62. The van der Waals surface area contributed by atoms with Crippen LogP contribution in [0.2, 0.25) is 0 Å². The predicted molar refractivity (Wildman–Crippen MR) is 115 cm³/mol. The normalized spacial score (nSPS) is 11.6. The van der Waals surface area contributed by atoms with Gasteiger partial charge in [0.05, 0.1) is 4.92 Å². The molecule has 3 aromatic rings. The molecule has 30 heavy (non-hydrogen) atoms. The van der Waals surface area contributed by atoms with Gasteiger partial charge in [-0.05, 0) is 29.2 Å². The van der Waals surface area contributed by atoms with Crippen LogP contribution in [0.4, 0.5) is 5.69 Å². The van der Waals surface area contributed by atoms with Crippen LogP contribution in [-0.4, -0.2) is 32.1 Å². The van der Waals surface area contributed by atoms with Crippen LogP contribution in [0.15, 0.2) is 55.1 Å². The van der Waals surface area contributed by atoms with E-state index in [1.165, 1.54) is 41.1 Å². The second-order valence-corrected chi connectivity index (χ2v) is 6.94. The molecular weight excluding hydrogens is 408 g/mol. The molecule has 0 aliphatic rings. The first-order valence-electron chi connectivity index (χ1n) is 9.14. The van der Waals surface area contributed by atoms with Gasteiger partial charge >= 0.3 is 0 Å². The van der Waals surface area contributed by atoms with Gasteiger partial charge < -0.3 is 11.1 Å². The number of aromatic nitrogens is 3. The fraction of sp³-hybridized carbons (Fsp3) is 0.250. The second-order valence-electron chi connectivity index (χ2n) is 6.94. The molecule has 1 amide bonds. The topological polar surface area (TPSA) is 129 Å². The Balaban J connectivity index is 0.00000320. The highest BCUT2D eigenvalue weighted by atomic mass is 35.5. The summed E-state index contributed by atoms with van der Waals surface area (Å²) in [5.74, 6) is -0.0104. The first kappa shape index (κ1) is 23.0. The predicted octanol–water partition coefficient (Wildman–Crippen LogP) is 3.15. The van der Waals surface area contributed by atoms with Crippen LogP contribution in [-0.2, 0) is 0 Å². The summed E-state index contributed by atoms with van der Waals surface area (Å²) >= 11 is 0. The van der Waals surface area contributed by atoms with Crippen molar-refractivity contribution in [1.82, 2.24) is 20.1 Å². The molecule has 0 saturated carbocycles. The van der Waals surface area contributed by atoms with Crippen molar-refractivity contribution in [2.45, 2.75) is 25.8 Å². The number of rotatable bonds is 7. The Morgan fingerprint density at radius 3 is 2.43 bits per heavy atom. The molecule has 1 atom stereocenters. The van der Waals surface area contributed by atoms with Crippen LogP contribution in [0.5, 0.6) is 0 Å². The minimum absolute atomic E-state index is 0. The molecule has 0 bridgehead atoms. The lowest BCUT2D eigenvalue weighted by atomic mass is 9.99. The molecule has 3 rings (SSSR count). The summed E-state index contributed by atoms with van der Waals surface area (Å²) in [6.07, 6.45) is 2.63. The molecule has 9 nitrogen and oxygen atoms in total. The van der Waals surface area contributed by atoms with Gasteiger partial charge in [0.25, 0.3) is 11.6 Å². The van der Waals surface area contributed by atoms with Crippen molar-refractivity contribution >= 4 is 24.0 Å². The van der Waals surface area contributed by atoms with Crippen LogP contribution in [0.3, 0.4) is 0 Å². The zero-order valence-electron chi connectivity index (χ0n) is 16.6. The largest absolute Gasteiger partial charge is 0.350 e. The van der Waals surface area contributed by atoms with E-state index < -0.39 is 10.8 Å². The van der Waals surface area contributed by atoms with Crippen LogP contribution in [0.25, 0.3) is 5.69 Å². The number of nitrogens with two attached hydrogens (primary N) is 1. The molecule has 0 saturated heterocycles. The number of carbonyl (C=O) groups excluding carboxylic acids is 1. The molecule has 1 heterocycles. The lowest BCUT2D eigenvalue weighted by molar-refractivity contribution is -0.384. The van der Waals surface area contributed by atoms with Crippen molar-refractivity contribution in [2.24, 2.45) is 5.73 Å². The molecule has 0 aliphatic heterocycles. The van der Waals surface area contributed by atoms with E-state index in [9.17, 15) is 14.9 Å². The lowest BCUT2D eigenvalue weighted by Crippen LogP contribution is -2.32. The van der Waals surface area contributed by atoms with Gasteiger partial charge in [0.1, 0.15) is 18.3 Å². The summed E-state index contributed by atoms with van der Waals surface area (Å²) in [4.78, 5) is 27.1. The van der Waals surface area contributed by atoms with Gasteiger partial charge in [0, 0.05) is 24.2 Å². The van der Waals surface area contributed by atoms with Gasteiger partial charge in [-0.1, -0.05) is 38.1 Å². The van der Waals surface area contributed by atoms with E-state index in [0.29, 0.717) is 5.92 Å². The van der Waals surface area contributed by atoms with Gasteiger partial charge in [-0.25, -0.2) is 9.67 Å². The van der Waals surface area contributed by atoms with Gasteiger partial charge in [-0.15, -0.1) is 12.4 Å². The van der Waals surface area contributed by atoms with Crippen molar-refractivity contribution in [2.75, 3.05) is 6.54 Å². The number of carbonyl (C=O) groups is 1. The Hall–Kier alpha value is -3.30. The number of nitro benzene ring substituents is 1. The van der Waals surface area contributed by atoms with Gasteiger partial charge in [0.15, 0.2) is 0 Å². The van der Waals surface area contributed by atoms with E-state index in [2.05, 4.69) is 29.2 Å². The minimum Gasteiger partial charge on any atom is -0.350 e. The van der Waals surface area contributed by atoms with Gasteiger partial charge in [0.2, 0.25) is 0 Å². The molecule has 1 aromatic heterocycles. The summed E-state index contributed by atoms with van der Waals surface area (Å²) in [6, 6.07) is 11.7. The van der Waals surface area contributed by atoms with Gasteiger partial charge in [-0.2, -0.15) is 5.10 Å². The van der Waals surface area contributed by atoms with Crippen molar-refractivity contribution in [3.8, 4) is 5.69 Å². The SMILES string of the molecule is CC(C)c1ccc(C(N)CNC(=O)c2ccc(-n3cncn3)c([N+](=O)[O-])c2)cc1.Cl. The Labute approximate surface area is 179 Å². The Bertz CT molecular complexity index is 1010. The maximum Gasteiger partial charge on any atom is 0.295 e. The number of hydrogen-bond acceptors (Lipinski definition) is 6. The molecule has 3 N–H and O–H groups in total. The van der Waals surface area contributed by atoms with Crippen molar-refractivity contribution in [3.63, 3.8) is 0 Å². The molecule has 0 radical (unpaired) electrons. The molecular formula is C20H23ClN6O3. The zero-order chi connectivity index (χ0) is 21.0. The average molecular weight is 431 g/mol. The molecule has 0 spiro atoms. The quantitative estimate of drug-likeness (QED) is 0.437. The highest BCUT2D eigenvalue weighted by molar-refractivity contribution is 5.95. The van der Waals surface area contributed by atoms with Crippen molar-refractivity contribution in [1.29, 1.82) is 0 Å². The van der Waals surface area contributed by atoms with E-state index in [1.807, 2.05) is 24.3 Å². The Morgan fingerprint density at radius 1 is 1.20 bits per heavy atom. The molecule has 0 fully saturated rings. The maximum atomic E-state index is 12.5. The number of nitro groups is 1. The van der Waals surface area contributed by atoms with Gasteiger partial charge in [-0.3, -0.25) is 14.9 Å². The van der Waals surface area contributed by atoms with E-state index in [1.54, 1.807) is 0 Å². The molecule has 0 aliphatic carbocycles. The van der Waals surface area contributed by atoms with Crippen molar-refractivity contribution < 1.29 is 9.72 Å². The summed E-state index contributed by atoms with van der Waals surface area (Å²) in [6.45, 7) is 4.43. The Morgan fingerprint density at radius 2 is 1.87 bits per heavy atom. The first-order chi connectivity index (χ1) is 13.9. The number of amides is 1. The van der Waals surface area contributed by atoms with Crippen molar-refractivity contribution in [3.05, 3.63) is 81.9 Å². The van der Waals surface area contributed by atoms with E-state index in [0.717, 1.165) is 5.56 Å². The summed E-state index contributed by atoms with van der Waals surface area (Å²) in [7, 11) is 0. The highest BCUT2D eigenvalue weighted by Crippen LogP contribution is 2.23. The number of nitrogens with zero attached hydrogens (tertiary/aromatic N) is 4. The van der Waals surface area contributed by atoms with E-state index >= 15 is 0 Å². The third-order valence-electron chi connectivity index (χ3n) is 4.61. The number of nitrogens with one attached hydrogen (secondary N) is 1. The summed E-state index contributed by atoms with van der Waals surface area (Å²) < 4.78 is 1.27. The minimum atomic E-state index is -0.560. The van der Waals surface area contributed by atoms with Crippen LogP contribution >= 0.6 is 12.4 Å². The van der Waals surface area contributed by atoms with Crippen LogP contribution < -0.4 is 11.1 Å². The molecule has 158 valence electrons. The third kappa shape index (κ3) is 5.19. The summed E-state index contributed by atoms with van der Waals surface area (Å²) in [5.41, 5.74) is 8.45. The number of hydrogen-bond donors (Lipinski definition) is 2. The number of benzene rings is 2. The first-order valence-corrected chi connectivity index (χ1v) is 9.14. The third-order valence-corrected chi connectivity index (χ3v) is 4.61. The standard InChI is InChI=1S/C20H22N6O3.ClH/c1-13(2)14-3-5-15(6-4-14)17(21)10-23-20(27)16-7-8-18(19(9-16)26(28)29)25-12-22-11-24-25;/h3-9,11-13,17H,10,21H2,1-2H3,(H,23,27);1H. The molecule has 10 heteroatoms. The highest BCUT2D eigenvalue weighted by Gasteiger charge is 2.20. The van der Waals surface area contributed by atoms with Crippen LogP contribution in [0.1, 0.15) is 47.3 Å².